The third kappa shape index (κ3) is 2.78. The molecule has 4 aliphatic rings. The molecule has 24 heavy (non-hydrogen) atoms. The number of fused-ring (bicyclic) bond motifs is 4. The quantitative estimate of drug-likeness (QED) is 0.829. The smallest absolute Gasteiger partial charge is 0.257 e. The molecule has 1 aliphatic carbocycles. The van der Waals surface area contributed by atoms with Crippen molar-refractivity contribution in [1.29, 1.82) is 0 Å². The molecule has 3 aliphatic heterocycles. The van der Waals surface area contributed by atoms with Crippen LogP contribution >= 0.6 is 0 Å². The van der Waals surface area contributed by atoms with Gasteiger partial charge in [0.25, 0.3) is 5.91 Å². The lowest BCUT2D eigenvalue weighted by atomic mass is 9.94. The van der Waals surface area contributed by atoms with Crippen molar-refractivity contribution in [2.45, 2.75) is 51.5 Å². The minimum atomic E-state index is 0.0231. The highest BCUT2D eigenvalue weighted by atomic mass is 16.2. The number of hydrogen-bond donors (Lipinski definition) is 0. The van der Waals surface area contributed by atoms with Gasteiger partial charge >= 0.3 is 0 Å². The lowest BCUT2D eigenvalue weighted by Crippen LogP contribution is -2.47. The second kappa shape index (κ2) is 5.83. The fourth-order valence-corrected chi connectivity index (χ4v) is 3.98. The van der Waals surface area contributed by atoms with Crippen molar-refractivity contribution in [3.63, 3.8) is 0 Å². The first-order valence-corrected chi connectivity index (χ1v) is 8.93. The highest BCUT2D eigenvalue weighted by Gasteiger charge is 2.39. The molecule has 6 nitrogen and oxygen atoms in total. The Morgan fingerprint density at radius 2 is 1.92 bits per heavy atom. The standard InChI is InChI=1S/C18H24N4O2/c1-11-16(7-19-17(20-11)14-4-5-14)18(24)22-9-13-3-6-15(22)10-21(8-13)12(2)23/h7,13-15H,3-6,8-10H2,1-2H3/t13-,15+/m1/s1. The van der Waals surface area contributed by atoms with E-state index in [-0.39, 0.29) is 17.9 Å². The van der Waals surface area contributed by atoms with E-state index in [0.29, 0.717) is 23.9 Å². The number of carbonyl (C=O) groups is 2. The molecule has 2 amide bonds. The first-order chi connectivity index (χ1) is 11.5. The molecule has 0 unspecified atom stereocenters. The van der Waals surface area contributed by atoms with Crippen molar-refractivity contribution in [2.75, 3.05) is 19.6 Å². The molecule has 2 bridgehead atoms. The molecule has 4 fully saturated rings. The van der Waals surface area contributed by atoms with Crippen LogP contribution in [0.25, 0.3) is 0 Å². The van der Waals surface area contributed by atoms with E-state index in [1.165, 1.54) is 0 Å². The van der Waals surface area contributed by atoms with Crippen LogP contribution in [0, 0.1) is 12.8 Å². The molecule has 0 N–H and O–H groups in total. The SMILES string of the molecule is CC(=O)N1C[C@H]2CC[C@@H](C1)N(C(=O)c1cnc(C3CC3)nc1C)C2. The predicted octanol–water partition coefficient (Wildman–Crippen LogP) is 1.75. The van der Waals surface area contributed by atoms with Gasteiger partial charge in [0.05, 0.1) is 11.3 Å². The summed E-state index contributed by atoms with van der Waals surface area (Å²) in [5.74, 6) is 1.88. The van der Waals surface area contributed by atoms with E-state index in [1.807, 2.05) is 16.7 Å². The molecule has 0 spiro atoms. The van der Waals surface area contributed by atoms with Crippen LogP contribution in [0.5, 0.6) is 0 Å². The fourth-order valence-electron chi connectivity index (χ4n) is 3.98. The highest BCUT2D eigenvalue weighted by molar-refractivity contribution is 5.95. The van der Waals surface area contributed by atoms with Crippen molar-refractivity contribution in [2.24, 2.45) is 5.92 Å². The predicted molar refractivity (Wildman–Crippen MR) is 88.5 cm³/mol. The summed E-state index contributed by atoms with van der Waals surface area (Å²) in [6.45, 7) is 5.67. The van der Waals surface area contributed by atoms with Crippen LogP contribution in [0.1, 0.15) is 60.4 Å². The molecular formula is C18H24N4O2. The number of rotatable bonds is 2. The van der Waals surface area contributed by atoms with Crippen molar-refractivity contribution in [3.05, 3.63) is 23.3 Å². The molecule has 0 radical (unpaired) electrons. The van der Waals surface area contributed by atoms with Crippen LogP contribution in [0.15, 0.2) is 6.20 Å². The van der Waals surface area contributed by atoms with Gasteiger partial charge in [-0.3, -0.25) is 9.59 Å². The third-order valence-electron chi connectivity index (χ3n) is 5.59. The van der Waals surface area contributed by atoms with E-state index in [1.54, 1.807) is 13.1 Å². The Kier molecular flexibility index (Phi) is 3.77. The first kappa shape index (κ1) is 15.5. The van der Waals surface area contributed by atoms with Gasteiger partial charge in [-0.25, -0.2) is 9.97 Å². The second-order valence-electron chi connectivity index (χ2n) is 7.48. The van der Waals surface area contributed by atoms with Gasteiger partial charge in [-0.15, -0.1) is 0 Å². The van der Waals surface area contributed by atoms with Gasteiger partial charge in [-0.1, -0.05) is 0 Å². The van der Waals surface area contributed by atoms with Crippen LogP contribution in [0.3, 0.4) is 0 Å². The molecule has 3 saturated heterocycles. The zero-order valence-corrected chi connectivity index (χ0v) is 14.4. The monoisotopic (exact) mass is 328 g/mol. The van der Waals surface area contributed by atoms with E-state index in [0.717, 1.165) is 50.3 Å². The molecule has 1 aromatic heterocycles. The number of nitrogens with zero attached hydrogens (tertiary/aromatic N) is 4. The molecule has 2 atom stereocenters. The van der Waals surface area contributed by atoms with E-state index in [2.05, 4.69) is 9.97 Å². The molecule has 1 aromatic rings. The van der Waals surface area contributed by atoms with E-state index < -0.39 is 0 Å². The number of hydrogen-bond acceptors (Lipinski definition) is 4. The van der Waals surface area contributed by atoms with Crippen LogP contribution in [0.2, 0.25) is 0 Å². The van der Waals surface area contributed by atoms with Crippen LogP contribution in [-0.2, 0) is 4.79 Å². The van der Waals surface area contributed by atoms with Crippen LogP contribution in [-0.4, -0.2) is 57.3 Å². The molecule has 4 heterocycles. The maximum absolute atomic E-state index is 13.1. The summed E-state index contributed by atoms with van der Waals surface area (Å²) in [4.78, 5) is 37.7. The van der Waals surface area contributed by atoms with Crippen molar-refractivity contribution >= 4 is 11.8 Å². The largest absolute Gasteiger partial charge is 0.341 e. The van der Waals surface area contributed by atoms with Gasteiger partial charge in [-0.2, -0.15) is 0 Å². The maximum Gasteiger partial charge on any atom is 0.257 e. The summed E-state index contributed by atoms with van der Waals surface area (Å²) >= 11 is 0. The second-order valence-corrected chi connectivity index (χ2v) is 7.48. The Morgan fingerprint density at radius 3 is 2.58 bits per heavy atom. The summed E-state index contributed by atoms with van der Waals surface area (Å²) in [5.41, 5.74) is 1.39. The Bertz CT molecular complexity index is 686. The van der Waals surface area contributed by atoms with E-state index in [4.69, 9.17) is 0 Å². The fraction of sp³-hybridized carbons (Fsp3) is 0.667. The summed E-state index contributed by atoms with van der Waals surface area (Å²) < 4.78 is 0. The molecule has 5 rings (SSSR count). The minimum absolute atomic E-state index is 0.0231. The number of amides is 2. The number of aromatic nitrogens is 2. The maximum atomic E-state index is 13.1. The zero-order valence-electron chi connectivity index (χ0n) is 14.4. The zero-order chi connectivity index (χ0) is 16.8. The number of aryl methyl sites for hydroxylation is 1. The minimum Gasteiger partial charge on any atom is -0.341 e. The van der Waals surface area contributed by atoms with Gasteiger partial charge in [0.1, 0.15) is 5.82 Å². The average molecular weight is 328 g/mol. The summed E-state index contributed by atoms with van der Waals surface area (Å²) in [6.07, 6.45) is 6.08. The first-order valence-electron chi connectivity index (χ1n) is 8.93. The van der Waals surface area contributed by atoms with Crippen LogP contribution < -0.4 is 0 Å². The summed E-state index contributed by atoms with van der Waals surface area (Å²) in [7, 11) is 0. The molecule has 1 saturated carbocycles. The molecule has 128 valence electrons. The molecular weight excluding hydrogens is 304 g/mol. The summed E-state index contributed by atoms with van der Waals surface area (Å²) in [6, 6.07) is 0.114. The topological polar surface area (TPSA) is 66.4 Å². The normalized spacial score (nSPS) is 26.4. The van der Waals surface area contributed by atoms with E-state index in [9.17, 15) is 9.59 Å². The van der Waals surface area contributed by atoms with E-state index >= 15 is 0 Å². The van der Waals surface area contributed by atoms with Crippen molar-refractivity contribution in [3.8, 4) is 0 Å². The lowest BCUT2D eigenvalue weighted by molar-refractivity contribution is -0.129. The molecule has 0 aromatic carbocycles. The average Bonchev–Trinajstić information content (AvgIpc) is 3.40. The summed E-state index contributed by atoms with van der Waals surface area (Å²) in [5, 5.41) is 0. The molecule has 6 heteroatoms. The third-order valence-corrected chi connectivity index (χ3v) is 5.59. The van der Waals surface area contributed by atoms with Crippen LogP contribution in [0.4, 0.5) is 0 Å². The van der Waals surface area contributed by atoms with Gasteiger partial charge in [-0.05, 0) is 38.5 Å². The number of carbonyl (C=O) groups excluding carboxylic acids is 2. The van der Waals surface area contributed by atoms with Gasteiger partial charge in [0.15, 0.2) is 0 Å². The Hall–Kier alpha value is -1.98. The number of piperidine rings is 1. The van der Waals surface area contributed by atoms with Gasteiger partial charge < -0.3 is 9.80 Å². The Morgan fingerprint density at radius 1 is 1.12 bits per heavy atom. The van der Waals surface area contributed by atoms with Gasteiger partial charge in [0.2, 0.25) is 5.91 Å². The van der Waals surface area contributed by atoms with Crippen molar-refractivity contribution < 1.29 is 9.59 Å². The lowest BCUT2D eigenvalue weighted by Gasteiger charge is -2.36. The Balaban J connectivity index is 1.57. The Labute approximate surface area is 142 Å². The van der Waals surface area contributed by atoms with Gasteiger partial charge in [0, 0.05) is 44.7 Å². The highest BCUT2D eigenvalue weighted by Crippen LogP contribution is 2.38. The van der Waals surface area contributed by atoms with Crippen molar-refractivity contribution in [1.82, 2.24) is 19.8 Å².